The van der Waals surface area contributed by atoms with E-state index in [1.165, 1.54) is 0 Å². The lowest BCUT2D eigenvalue weighted by molar-refractivity contribution is -0.0674. The first-order chi connectivity index (χ1) is 8.54. The monoisotopic (exact) mass is 284 g/mol. The molecule has 0 bridgehead atoms. The molecule has 0 spiro atoms. The average Bonchev–Trinajstić information content (AvgIpc) is 2.31. The first kappa shape index (κ1) is 18.7. The number of ether oxygens (including phenoxy) is 1. The number of hydrogen-bond acceptors (Lipinski definition) is 2. The molecule has 0 aromatic heterocycles. The fourth-order valence-electron chi connectivity index (χ4n) is 1.67. The van der Waals surface area contributed by atoms with E-state index in [4.69, 9.17) is 15.6 Å². The van der Waals surface area contributed by atoms with Crippen molar-refractivity contribution >= 4 is 8.32 Å². The van der Waals surface area contributed by atoms with E-state index in [1.807, 2.05) is 0 Å². The Morgan fingerprint density at radius 3 is 2.05 bits per heavy atom. The number of terminal acetylenes is 1. The molecule has 0 radical (unpaired) electrons. The Hall–Kier alpha value is -0.303. The highest BCUT2D eigenvalue weighted by atomic mass is 28.4. The van der Waals surface area contributed by atoms with Gasteiger partial charge in [0.2, 0.25) is 0 Å². The van der Waals surface area contributed by atoms with Gasteiger partial charge in [-0.1, -0.05) is 46.5 Å². The van der Waals surface area contributed by atoms with Gasteiger partial charge in [0.05, 0.1) is 0 Å². The van der Waals surface area contributed by atoms with Gasteiger partial charge < -0.3 is 9.16 Å². The van der Waals surface area contributed by atoms with Crippen molar-refractivity contribution in [2.45, 2.75) is 83.7 Å². The van der Waals surface area contributed by atoms with Crippen molar-refractivity contribution in [1.82, 2.24) is 0 Å². The number of unbranched alkanes of at least 4 members (excludes halogenated alkanes) is 1. The zero-order valence-corrected chi connectivity index (χ0v) is 15.1. The highest BCUT2D eigenvalue weighted by Gasteiger charge is 2.43. The van der Waals surface area contributed by atoms with Gasteiger partial charge in [0.1, 0.15) is 11.7 Å². The van der Waals surface area contributed by atoms with Crippen LogP contribution >= 0.6 is 0 Å². The van der Waals surface area contributed by atoms with Crippen molar-refractivity contribution in [3.05, 3.63) is 0 Å². The lowest BCUT2D eigenvalue weighted by Crippen LogP contribution is -2.51. The third kappa shape index (κ3) is 4.94. The summed E-state index contributed by atoms with van der Waals surface area (Å²) < 4.78 is 12.1. The van der Waals surface area contributed by atoms with E-state index in [0.29, 0.717) is 0 Å². The molecule has 0 aliphatic carbocycles. The lowest BCUT2D eigenvalue weighted by Gasteiger charge is -2.43. The van der Waals surface area contributed by atoms with Crippen LogP contribution in [0.25, 0.3) is 0 Å². The molecular formula is C16H32O2Si. The Balaban J connectivity index is 5.06. The SMILES string of the molecule is C#C[C@@H](O[Si](C)(C)C(C)(C)C)[C@@](C)(CCCC)OC. The van der Waals surface area contributed by atoms with Crippen molar-refractivity contribution in [2.75, 3.05) is 7.11 Å². The maximum Gasteiger partial charge on any atom is 0.193 e. The summed E-state index contributed by atoms with van der Waals surface area (Å²) in [5.74, 6) is 2.82. The van der Waals surface area contributed by atoms with Crippen LogP contribution in [0.4, 0.5) is 0 Å². The predicted octanol–water partition coefficient (Wildman–Crippen LogP) is 4.61. The van der Waals surface area contributed by atoms with Crippen LogP contribution < -0.4 is 0 Å². The van der Waals surface area contributed by atoms with Crippen LogP contribution in [0.5, 0.6) is 0 Å². The first-order valence-electron chi connectivity index (χ1n) is 7.23. The third-order valence-electron chi connectivity index (χ3n) is 4.42. The molecule has 112 valence electrons. The summed E-state index contributed by atoms with van der Waals surface area (Å²) in [7, 11) is -0.146. The van der Waals surface area contributed by atoms with Crippen LogP contribution in [-0.4, -0.2) is 27.1 Å². The standard InChI is InChI=1S/C16H32O2Si/c1-10-12-13-16(6,17-7)14(11-2)18-19(8,9)15(3,4)5/h2,14H,10,12-13H2,1,3-9H3/t14-,16-/m1/s1. The molecule has 0 N–H and O–H groups in total. The average molecular weight is 285 g/mol. The van der Waals surface area contributed by atoms with Gasteiger partial charge in [-0.3, -0.25) is 0 Å². The molecule has 0 amide bonds. The van der Waals surface area contributed by atoms with Crippen molar-refractivity contribution in [3.8, 4) is 12.3 Å². The molecule has 0 aromatic rings. The van der Waals surface area contributed by atoms with E-state index >= 15 is 0 Å². The molecule has 0 unspecified atom stereocenters. The highest BCUT2D eigenvalue weighted by molar-refractivity contribution is 6.74. The molecule has 0 saturated carbocycles. The molecule has 2 atom stereocenters. The lowest BCUT2D eigenvalue weighted by atomic mass is 9.93. The summed E-state index contributed by atoms with van der Waals surface area (Å²) in [6.07, 6.45) is 8.62. The van der Waals surface area contributed by atoms with Gasteiger partial charge in [0, 0.05) is 7.11 Å². The van der Waals surface area contributed by atoms with Crippen molar-refractivity contribution in [2.24, 2.45) is 0 Å². The summed E-state index contributed by atoms with van der Waals surface area (Å²) in [5, 5.41) is 0.154. The van der Waals surface area contributed by atoms with Crippen molar-refractivity contribution < 1.29 is 9.16 Å². The molecule has 19 heavy (non-hydrogen) atoms. The largest absolute Gasteiger partial charge is 0.401 e. The first-order valence-corrected chi connectivity index (χ1v) is 10.1. The van der Waals surface area contributed by atoms with E-state index < -0.39 is 8.32 Å². The predicted molar refractivity (Wildman–Crippen MR) is 85.8 cm³/mol. The maximum absolute atomic E-state index is 6.38. The molecule has 0 aliphatic heterocycles. The van der Waals surface area contributed by atoms with E-state index in [-0.39, 0.29) is 16.7 Å². The maximum atomic E-state index is 6.38. The van der Waals surface area contributed by atoms with Crippen LogP contribution in [0.1, 0.15) is 53.9 Å². The van der Waals surface area contributed by atoms with Crippen LogP contribution in [-0.2, 0) is 9.16 Å². The fourth-order valence-corrected chi connectivity index (χ4v) is 2.93. The van der Waals surface area contributed by atoms with Gasteiger partial charge in [0.15, 0.2) is 8.32 Å². The van der Waals surface area contributed by atoms with Crippen LogP contribution in [0.15, 0.2) is 0 Å². The Morgan fingerprint density at radius 2 is 1.74 bits per heavy atom. The molecular weight excluding hydrogens is 252 g/mol. The van der Waals surface area contributed by atoms with Gasteiger partial charge in [0.25, 0.3) is 0 Å². The smallest absolute Gasteiger partial charge is 0.193 e. The number of hydrogen-bond donors (Lipinski definition) is 0. The summed E-state index contributed by atoms with van der Waals surface area (Å²) >= 11 is 0. The summed E-state index contributed by atoms with van der Waals surface area (Å²) in [6.45, 7) is 15.4. The van der Waals surface area contributed by atoms with Gasteiger partial charge in [-0.15, -0.1) is 6.42 Å². The Bertz CT molecular complexity index is 312. The normalized spacial score (nSPS) is 17.6. The molecule has 2 nitrogen and oxygen atoms in total. The summed E-state index contributed by atoms with van der Waals surface area (Å²) in [5.41, 5.74) is -0.389. The molecule has 0 aliphatic rings. The van der Waals surface area contributed by atoms with Gasteiger partial charge >= 0.3 is 0 Å². The topological polar surface area (TPSA) is 18.5 Å². The highest BCUT2D eigenvalue weighted by Crippen LogP contribution is 2.39. The third-order valence-corrected chi connectivity index (χ3v) is 8.86. The Morgan fingerprint density at radius 1 is 1.21 bits per heavy atom. The van der Waals surface area contributed by atoms with E-state index in [9.17, 15) is 0 Å². The minimum Gasteiger partial charge on any atom is -0.401 e. The van der Waals surface area contributed by atoms with Crippen LogP contribution in [0.3, 0.4) is 0 Å². The fraction of sp³-hybridized carbons (Fsp3) is 0.875. The minimum atomic E-state index is -1.88. The van der Waals surface area contributed by atoms with Gasteiger partial charge in [-0.2, -0.15) is 0 Å². The molecule has 0 saturated heterocycles. The van der Waals surface area contributed by atoms with Gasteiger partial charge in [-0.25, -0.2) is 0 Å². The second-order valence-electron chi connectivity index (χ2n) is 7.05. The molecule has 0 aromatic carbocycles. The molecule has 0 heterocycles. The van der Waals surface area contributed by atoms with E-state index in [2.05, 4.69) is 53.6 Å². The Labute approximate surface area is 121 Å². The molecule has 3 heteroatoms. The zero-order chi connectivity index (χ0) is 15.3. The summed E-state index contributed by atoms with van der Waals surface area (Å²) in [6, 6.07) is 0. The van der Waals surface area contributed by atoms with Crippen LogP contribution in [0, 0.1) is 12.3 Å². The number of methoxy groups -OCH3 is 1. The van der Waals surface area contributed by atoms with E-state index in [0.717, 1.165) is 19.3 Å². The van der Waals surface area contributed by atoms with Crippen LogP contribution in [0.2, 0.25) is 18.1 Å². The second kappa shape index (κ2) is 6.92. The minimum absolute atomic E-state index is 0.154. The van der Waals surface area contributed by atoms with Gasteiger partial charge in [-0.05, 0) is 31.5 Å². The quantitative estimate of drug-likeness (QED) is 0.502. The Kier molecular flexibility index (Phi) is 6.81. The van der Waals surface area contributed by atoms with E-state index in [1.54, 1.807) is 7.11 Å². The second-order valence-corrected chi connectivity index (χ2v) is 11.8. The number of rotatable bonds is 7. The zero-order valence-electron chi connectivity index (χ0n) is 14.1. The molecule has 0 rings (SSSR count). The molecule has 0 fully saturated rings. The van der Waals surface area contributed by atoms with Crippen molar-refractivity contribution in [3.63, 3.8) is 0 Å². The summed E-state index contributed by atoms with van der Waals surface area (Å²) in [4.78, 5) is 0. The van der Waals surface area contributed by atoms with Crippen molar-refractivity contribution in [1.29, 1.82) is 0 Å².